The molecule has 0 aliphatic rings. The predicted octanol–water partition coefficient (Wildman–Crippen LogP) is 2.30. The van der Waals surface area contributed by atoms with Gasteiger partial charge in [0.05, 0.1) is 13.2 Å². The number of rotatable bonds is 7. The maximum Gasteiger partial charge on any atom is 0.244 e. The van der Waals surface area contributed by atoms with Crippen LogP contribution in [0.1, 0.15) is 18.1 Å². The van der Waals surface area contributed by atoms with Crippen LogP contribution in [-0.2, 0) is 10.0 Å². The quantitative estimate of drug-likeness (QED) is 0.807. The van der Waals surface area contributed by atoms with E-state index in [4.69, 9.17) is 4.74 Å². The van der Waals surface area contributed by atoms with E-state index < -0.39 is 21.9 Å². The summed E-state index contributed by atoms with van der Waals surface area (Å²) in [6.07, 6.45) is -0.531. The van der Waals surface area contributed by atoms with Gasteiger partial charge in [-0.2, -0.15) is 11.3 Å². The SMILES string of the molecule is COc1ccc(F)cc1S(=O)(=O)NCCC(O)c1ccsc1. The first-order valence-electron chi connectivity index (χ1n) is 6.47. The minimum absolute atomic E-state index is 0.0268. The second kappa shape index (κ2) is 7.19. The predicted molar refractivity (Wildman–Crippen MR) is 82.0 cm³/mol. The van der Waals surface area contributed by atoms with Crippen LogP contribution < -0.4 is 9.46 Å². The molecule has 8 heteroatoms. The zero-order chi connectivity index (χ0) is 16.2. The number of benzene rings is 1. The summed E-state index contributed by atoms with van der Waals surface area (Å²) < 4.78 is 44.9. The van der Waals surface area contributed by atoms with Crippen molar-refractivity contribution in [2.45, 2.75) is 17.4 Å². The van der Waals surface area contributed by atoms with Crippen molar-refractivity contribution in [3.05, 3.63) is 46.4 Å². The van der Waals surface area contributed by atoms with Gasteiger partial charge in [0.1, 0.15) is 16.5 Å². The van der Waals surface area contributed by atoms with Gasteiger partial charge in [-0.05, 0) is 47.0 Å². The Kier molecular flexibility index (Phi) is 5.52. The zero-order valence-corrected chi connectivity index (χ0v) is 13.5. The molecule has 1 unspecified atom stereocenters. The van der Waals surface area contributed by atoms with E-state index >= 15 is 0 Å². The summed E-state index contributed by atoms with van der Waals surface area (Å²) in [6.45, 7) is 0.0268. The number of sulfonamides is 1. The maximum atomic E-state index is 13.3. The Morgan fingerprint density at radius 2 is 2.18 bits per heavy atom. The van der Waals surface area contributed by atoms with E-state index in [9.17, 15) is 17.9 Å². The standard InChI is InChI=1S/C14H16FNO4S2/c1-20-13-3-2-11(15)8-14(13)22(18,19)16-6-4-12(17)10-5-7-21-9-10/h2-3,5,7-9,12,16-17H,4,6H2,1H3. The van der Waals surface area contributed by atoms with Gasteiger partial charge in [-0.3, -0.25) is 0 Å². The number of ether oxygens (including phenoxy) is 1. The van der Waals surface area contributed by atoms with E-state index in [1.165, 1.54) is 24.5 Å². The molecule has 0 fully saturated rings. The molecule has 2 aromatic rings. The van der Waals surface area contributed by atoms with Crippen LogP contribution in [0.3, 0.4) is 0 Å². The van der Waals surface area contributed by atoms with Gasteiger partial charge in [-0.25, -0.2) is 17.5 Å². The Bertz CT molecular complexity index is 716. The van der Waals surface area contributed by atoms with Crippen molar-refractivity contribution < 1.29 is 22.7 Å². The summed E-state index contributed by atoms with van der Waals surface area (Å²) in [7, 11) is -2.60. The van der Waals surface area contributed by atoms with Gasteiger partial charge in [0.25, 0.3) is 0 Å². The average molecular weight is 345 g/mol. The number of thiophene rings is 1. The fourth-order valence-corrected chi connectivity index (χ4v) is 3.83. The summed E-state index contributed by atoms with van der Waals surface area (Å²) in [5.41, 5.74) is 0.743. The fraction of sp³-hybridized carbons (Fsp3) is 0.286. The molecule has 1 atom stereocenters. The molecule has 22 heavy (non-hydrogen) atoms. The summed E-state index contributed by atoms with van der Waals surface area (Å²) in [4.78, 5) is -0.264. The lowest BCUT2D eigenvalue weighted by Gasteiger charge is -2.12. The van der Waals surface area contributed by atoms with Crippen LogP contribution in [0.5, 0.6) is 5.75 Å². The molecule has 1 heterocycles. The Hall–Kier alpha value is -1.48. The molecule has 1 aromatic carbocycles. The zero-order valence-electron chi connectivity index (χ0n) is 11.8. The Morgan fingerprint density at radius 3 is 2.82 bits per heavy atom. The number of methoxy groups -OCH3 is 1. The van der Waals surface area contributed by atoms with Crippen molar-refractivity contribution in [3.63, 3.8) is 0 Å². The van der Waals surface area contributed by atoms with Crippen molar-refractivity contribution in [3.8, 4) is 5.75 Å². The third-order valence-corrected chi connectivity index (χ3v) is 5.24. The van der Waals surface area contributed by atoms with E-state index in [1.54, 1.807) is 11.4 Å². The molecule has 0 amide bonds. The highest BCUT2D eigenvalue weighted by molar-refractivity contribution is 7.89. The monoisotopic (exact) mass is 345 g/mol. The first kappa shape index (κ1) is 16.9. The molecule has 0 radical (unpaired) electrons. The molecule has 0 bridgehead atoms. The van der Waals surface area contributed by atoms with E-state index in [2.05, 4.69) is 4.72 Å². The third kappa shape index (κ3) is 4.04. The number of hydrogen-bond donors (Lipinski definition) is 2. The van der Waals surface area contributed by atoms with Crippen molar-refractivity contribution >= 4 is 21.4 Å². The van der Waals surface area contributed by atoms with E-state index in [0.717, 1.165) is 17.7 Å². The normalized spacial score (nSPS) is 13.0. The van der Waals surface area contributed by atoms with Crippen LogP contribution in [0.4, 0.5) is 4.39 Å². The largest absolute Gasteiger partial charge is 0.495 e. The lowest BCUT2D eigenvalue weighted by atomic mass is 10.1. The van der Waals surface area contributed by atoms with Crippen LogP contribution in [0.15, 0.2) is 39.9 Å². The number of hydrogen-bond acceptors (Lipinski definition) is 5. The molecule has 0 aliphatic heterocycles. The number of halogens is 1. The Labute approximate surface area is 132 Å². The van der Waals surface area contributed by atoms with Gasteiger partial charge in [0.2, 0.25) is 10.0 Å². The molecule has 5 nitrogen and oxygen atoms in total. The smallest absolute Gasteiger partial charge is 0.244 e. The highest BCUT2D eigenvalue weighted by atomic mass is 32.2. The van der Waals surface area contributed by atoms with E-state index in [1.807, 2.05) is 5.38 Å². The molecule has 0 saturated heterocycles. The first-order valence-corrected chi connectivity index (χ1v) is 8.90. The third-order valence-electron chi connectivity index (χ3n) is 3.05. The van der Waals surface area contributed by atoms with Gasteiger partial charge in [-0.1, -0.05) is 0 Å². The average Bonchev–Trinajstić information content (AvgIpc) is 3.01. The lowest BCUT2D eigenvalue weighted by Crippen LogP contribution is -2.26. The van der Waals surface area contributed by atoms with Crippen molar-refractivity contribution in [2.75, 3.05) is 13.7 Å². The van der Waals surface area contributed by atoms with Gasteiger partial charge in [0.15, 0.2) is 0 Å². The van der Waals surface area contributed by atoms with Crippen LogP contribution in [-0.4, -0.2) is 27.2 Å². The van der Waals surface area contributed by atoms with Crippen molar-refractivity contribution in [1.29, 1.82) is 0 Å². The van der Waals surface area contributed by atoms with Gasteiger partial charge in [-0.15, -0.1) is 0 Å². The lowest BCUT2D eigenvalue weighted by molar-refractivity contribution is 0.169. The minimum Gasteiger partial charge on any atom is -0.495 e. The molecule has 0 spiro atoms. The highest BCUT2D eigenvalue weighted by Crippen LogP contribution is 2.24. The number of aliphatic hydroxyl groups excluding tert-OH is 1. The first-order chi connectivity index (χ1) is 10.4. The minimum atomic E-state index is -3.91. The molecule has 120 valence electrons. The van der Waals surface area contributed by atoms with Gasteiger partial charge in [0, 0.05) is 6.54 Å². The van der Waals surface area contributed by atoms with Gasteiger partial charge >= 0.3 is 0 Å². The van der Waals surface area contributed by atoms with Crippen LogP contribution in [0, 0.1) is 5.82 Å². The topological polar surface area (TPSA) is 75.6 Å². The fourth-order valence-electron chi connectivity index (χ4n) is 1.90. The second-order valence-corrected chi connectivity index (χ2v) is 7.07. The number of aliphatic hydroxyl groups is 1. The molecule has 0 saturated carbocycles. The molecule has 2 N–H and O–H groups in total. The van der Waals surface area contributed by atoms with Crippen LogP contribution in [0.25, 0.3) is 0 Å². The van der Waals surface area contributed by atoms with Crippen LogP contribution in [0.2, 0.25) is 0 Å². The molecule has 2 rings (SSSR count). The summed E-state index contributed by atoms with van der Waals surface area (Å²) in [5.74, 6) is -0.605. The maximum absolute atomic E-state index is 13.3. The van der Waals surface area contributed by atoms with Crippen molar-refractivity contribution in [1.82, 2.24) is 4.72 Å². The van der Waals surface area contributed by atoms with Crippen LogP contribution >= 0.6 is 11.3 Å². The number of nitrogens with one attached hydrogen (secondary N) is 1. The van der Waals surface area contributed by atoms with Crippen molar-refractivity contribution in [2.24, 2.45) is 0 Å². The summed E-state index contributed by atoms with van der Waals surface area (Å²) in [5, 5.41) is 13.5. The molecule has 0 aliphatic carbocycles. The molecular weight excluding hydrogens is 329 g/mol. The molecular formula is C14H16FNO4S2. The van der Waals surface area contributed by atoms with E-state index in [0.29, 0.717) is 0 Å². The Balaban J connectivity index is 2.04. The Morgan fingerprint density at radius 1 is 1.41 bits per heavy atom. The highest BCUT2D eigenvalue weighted by Gasteiger charge is 2.20. The van der Waals surface area contributed by atoms with Gasteiger partial charge < -0.3 is 9.84 Å². The summed E-state index contributed by atoms with van der Waals surface area (Å²) in [6, 6.07) is 5.05. The summed E-state index contributed by atoms with van der Waals surface area (Å²) >= 11 is 1.45. The van der Waals surface area contributed by atoms with E-state index in [-0.39, 0.29) is 23.6 Å². The second-order valence-electron chi connectivity index (χ2n) is 4.55. The molecule has 1 aromatic heterocycles.